The Morgan fingerprint density at radius 1 is 0.355 bits per heavy atom. The van der Waals surface area contributed by atoms with Crippen LogP contribution in [0.2, 0.25) is 0 Å². The smallest absolute Gasteiger partial charge is 0.164 e. The van der Waals surface area contributed by atoms with E-state index in [2.05, 4.69) is 102 Å². The maximum Gasteiger partial charge on any atom is 0.164 e. The molecular weight excluding hydrogens is 761 g/mol. The summed E-state index contributed by atoms with van der Waals surface area (Å²) >= 11 is 0. The second-order valence-corrected chi connectivity index (χ2v) is 15.3. The molecular formula is C55H34N6O. The van der Waals surface area contributed by atoms with E-state index in [0.29, 0.717) is 23.3 Å². The Bertz CT molecular complexity index is 3490. The van der Waals surface area contributed by atoms with E-state index in [1.54, 1.807) is 0 Å². The predicted octanol–water partition coefficient (Wildman–Crippen LogP) is 13.7. The average molecular weight is 795 g/mol. The van der Waals surface area contributed by atoms with Gasteiger partial charge in [0, 0.05) is 55.6 Å². The van der Waals surface area contributed by atoms with Crippen LogP contribution in [0.1, 0.15) is 0 Å². The van der Waals surface area contributed by atoms with Crippen molar-refractivity contribution in [2.24, 2.45) is 0 Å². The molecule has 0 amide bonds. The van der Waals surface area contributed by atoms with E-state index in [-0.39, 0.29) is 0 Å². The van der Waals surface area contributed by atoms with E-state index in [9.17, 15) is 0 Å². The van der Waals surface area contributed by atoms with E-state index in [1.807, 2.05) is 109 Å². The normalized spacial score (nSPS) is 11.5. The molecule has 12 rings (SSSR count). The first-order valence-electron chi connectivity index (χ1n) is 20.6. The summed E-state index contributed by atoms with van der Waals surface area (Å²) in [6.07, 6.45) is 0. The molecule has 7 heteroatoms. The maximum atomic E-state index is 6.80. The van der Waals surface area contributed by atoms with Crippen molar-refractivity contribution in [2.75, 3.05) is 0 Å². The molecule has 7 nitrogen and oxygen atoms in total. The van der Waals surface area contributed by atoms with Crippen LogP contribution >= 0.6 is 0 Å². The summed E-state index contributed by atoms with van der Waals surface area (Å²) < 4.78 is 9.09. The molecule has 4 heterocycles. The first-order chi connectivity index (χ1) is 30.7. The minimum Gasteiger partial charge on any atom is -0.455 e. The standard InChI is InChI=1S/C55H34N6O/c1-5-17-36(18-6-1)45-34-48(57-52(56-45)37-19-7-2-8-20-37)61-46-27-15-13-26-42(46)49-50(61)43(33-44-41-25-14-16-28-47(41)62-51(44)49)35-29-31-40(32-30-35)55-59-53(38-21-9-3-10-22-38)58-54(60-55)39-23-11-4-12-24-39/h1-34H. The zero-order valence-corrected chi connectivity index (χ0v) is 33.2. The molecule has 4 aromatic heterocycles. The molecule has 0 aliphatic rings. The lowest BCUT2D eigenvalue weighted by molar-refractivity contribution is 0.673. The van der Waals surface area contributed by atoms with Gasteiger partial charge in [0.2, 0.25) is 0 Å². The van der Waals surface area contributed by atoms with E-state index in [0.717, 1.165) is 94.2 Å². The monoisotopic (exact) mass is 794 g/mol. The van der Waals surface area contributed by atoms with Crippen LogP contribution < -0.4 is 0 Å². The van der Waals surface area contributed by atoms with Gasteiger partial charge in [-0.25, -0.2) is 24.9 Å². The second kappa shape index (κ2) is 14.6. The molecule has 8 aromatic carbocycles. The van der Waals surface area contributed by atoms with Gasteiger partial charge in [0.15, 0.2) is 23.3 Å². The molecule has 0 fully saturated rings. The Morgan fingerprint density at radius 2 is 0.823 bits per heavy atom. The highest BCUT2D eigenvalue weighted by molar-refractivity contribution is 6.27. The van der Waals surface area contributed by atoms with E-state index in [4.69, 9.17) is 29.3 Å². The number of para-hydroxylation sites is 2. The number of aromatic nitrogens is 6. The zero-order chi connectivity index (χ0) is 41.0. The summed E-state index contributed by atoms with van der Waals surface area (Å²) in [6.45, 7) is 0. The van der Waals surface area contributed by atoms with Crippen molar-refractivity contribution in [3.63, 3.8) is 0 Å². The molecule has 0 N–H and O–H groups in total. The quantitative estimate of drug-likeness (QED) is 0.160. The van der Waals surface area contributed by atoms with Crippen LogP contribution in [0.5, 0.6) is 0 Å². The molecule has 0 unspecified atom stereocenters. The Balaban J connectivity index is 1.12. The average Bonchev–Trinajstić information content (AvgIpc) is 3.91. The summed E-state index contributed by atoms with van der Waals surface area (Å²) in [6, 6.07) is 70.3. The van der Waals surface area contributed by atoms with E-state index < -0.39 is 0 Å². The van der Waals surface area contributed by atoms with Crippen molar-refractivity contribution < 1.29 is 4.42 Å². The lowest BCUT2D eigenvalue weighted by Gasteiger charge is -2.14. The number of benzene rings is 8. The largest absolute Gasteiger partial charge is 0.455 e. The van der Waals surface area contributed by atoms with Gasteiger partial charge in [-0.05, 0) is 23.8 Å². The van der Waals surface area contributed by atoms with Crippen LogP contribution in [0.3, 0.4) is 0 Å². The van der Waals surface area contributed by atoms with E-state index in [1.165, 1.54) is 0 Å². The topological polar surface area (TPSA) is 82.5 Å². The Kier molecular flexibility index (Phi) is 8.35. The molecule has 0 saturated heterocycles. The third-order valence-corrected chi connectivity index (χ3v) is 11.5. The first-order valence-corrected chi connectivity index (χ1v) is 20.6. The van der Waals surface area contributed by atoms with Crippen LogP contribution in [-0.2, 0) is 0 Å². The molecule has 0 spiro atoms. The minimum atomic E-state index is 0.600. The molecule has 0 aliphatic carbocycles. The van der Waals surface area contributed by atoms with Crippen molar-refractivity contribution in [3.8, 4) is 73.8 Å². The summed E-state index contributed by atoms with van der Waals surface area (Å²) in [5, 5.41) is 4.20. The van der Waals surface area contributed by atoms with Crippen molar-refractivity contribution in [1.29, 1.82) is 0 Å². The third kappa shape index (κ3) is 6.02. The number of furan rings is 1. The fraction of sp³-hybridized carbons (Fsp3) is 0. The van der Waals surface area contributed by atoms with Gasteiger partial charge in [0.05, 0.1) is 22.1 Å². The molecule has 12 aromatic rings. The van der Waals surface area contributed by atoms with Crippen LogP contribution in [-0.4, -0.2) is 29.5 Å². The Hall–Kier alpha value is -8.55. The molecule has 62 heavy (non-hydrogen) atoms. The second-order valence-electron chi connectivity index (χ2n) is 15.3. The van der Waals surface area contributed by atoms with Crippen molar-refractivity contribution in [1.82, 2.24) is 29.5 Å². The van der Waals surface area contributed by atoms with Gasteiger partial charge < -0.3 is 4.42 Å². The first kappa shape index (κ1) is 35.4. The molecule has 0 aliphatic heterocycles. The van der Waals surface area contributed by atoms with Gasteiger partial charge in [-0.3, -0.25) is 4.57 Å². The van der Waals surface area contributed by atoms with Gasteiger partial charge in [-0.15, -0.1) is 0 Å². The molecule has 0 radical (unpaired) electrons. The van der Waals surface area contributed by atoms with Crippen LogP contribution in [0, 0.1) is 0 Å². The third-order valence-electron chi connectivity index (χ3n) is 11.5. The molecule has 0 saturated carbocycles. The van der Waals surface area contributed by atoms with Crippen molar-refractivity contribution in [3.05, 3.63) is 206 Å². The number of fused-ring (bicyclic) bond motifs is 7. The van der Waals surface area contributed by atoms with Crippen molar-refractivity contribution in [2.45, 2.75) is 0 Å². The molecule has 290 valence electrons. The summed E-state index contributed by atoms with van der Waals surface area (Å²) in [7, 11) is 0. The number of hydrogen-bond donors (Lipinski definition) is 0. The van der Waals surface area contributed by atoms with Gasteiger partial charge >= 0.3 is 0 Å². The van der Waals surface area contributed by atoms with Gasteiger partial charge in [0.1, 0.15) is 17.0 Å². The fourth-order valence-corrected chi connectivity index (χ4v) is 8.55. The predicted molar refractivity (Wildman–Crippen MR) is 250 cm³/mol. The fourth-order valence-electron chi connectivity index (χ4n) is 8.55. The van der Waals surface area contributed by atoms with Crippen LogP contribution in [0.15, 0.2) is 211 Å². The number of hydrogen-bond acceptors (Lipinski definition) is 6. The lowest BCUT2D eigenvalue weighted by Crippen LogP contribution is -2.03. The summed E-state index contributed by atoms with van der Waals surface area (Å²) in [4.78, 5) is 25.4. The minimum absolute atomic E-state index is 0.600. The Morgan fingerprint density at radius 3 is 1.42 bits per heavy atom. The van der Waals surface area contributed by atoms with Crippen molar-refractivity contribution >= 4 is 43.7 Å². The highest BCUT2D eigenvalue weighted by Crippen LogP contribution is 2.45. The van der Waals surface area contributed by atoms with Crippen LogP contribution in [0.25, 0.3) is 117 Å². The van der Waals surface area contributed by atoms with Crippen LogP contribution in [0.4, 0.5) is 0 Å². The number of rotatable bonds is 7. The highest BCUT2D eigenvalue weighted by Gasteiger charge is 2.24. The molecule has 0 bridgehead atoms. The lowest BCUT2D eigenvalue weighted by atomic mass is 9.97. The maximum absolute atomic E-state index is 6.80. The molecule has 0 atom stereocenters. The van der Waals surface area contributed by atoms with Gasteiger partial charge in [-0.2, -0.15) is 0 Å². The SMILES string of the molecule is c1ccc(-c2cc(-n3c4ccccc4c4c5oc6ccccc6c5cc(-c5ccc(-c6nc(-c7ccccc7)nc(-c7ccccc7)n6)cc5)c43)nc(-c3ccccc3)n2)cc1. The van der Waals surface area contributed by atoms with E-state index >= 15 is 0 Å². The summed E-state index contributed by atoms with van der Waals surface area (Å²) in [5.74, 6) is 3.24. The zero-order valence-electron chi connectivity index (χ0n) is 33.2. The van der Waals surface area contributed by atoms with Gasteiger partial charge in [0.25, 0.3) is 0 Å². The van der Waals surface area contributed by atoms with Gasteiger partial charge in [-0.1, -0.05) is 182 Å². The Labute approximate surface area is 356 Å². The number of nitrogens with zero attached hydrogens (tertiary/aromatic N) is 6. The summed E-state index contributed by atoms with van der Waals surface area (Å²) in [5.41, 5.74) is 11.2. The highest BCUT2D eigenvalue weighted by atomic mass is 16.3.